The molecule has 1 heterocycles. The van der Waals surface area contributed by atoms with Crippen molar-refractivity contribution in [1.82, 2.24) is 0 Å². The van der Waals surface area contributed by atoms with Crippen molar-refractivity contribution in [3.05, 3.63) is 95.1 Å². The predicted molar refractivity (Wildman–Crippen MR) is 116 cm³/mol. The van der Waals surface area contributed by atoms with Crippen LogP contribution in [0.3, 0.4) is 0 Å². The Bertz CT molecular complexity index is 952. The average Bonchev–Trinajstić information content (AvgIpc) is 2.75. The molecule has 3 heteroatoms. The number of hydrogen-bond acceptors (Lipinski definition) is 3. The van der Waals surface area contributed by atoms with E-state index in [2.05, 4.69) is 60.7 Å². The quantitative estimate of drug-likeness (QED) is 0.642. The summed E-state index contributed by atoms with van der Waals surface area (Å²) in [6.07, 6.45) is 6.44. The molecule has 0 bridgehead atoms. The van der Waals surface area contributed by atoms with Crippen LogP contribution in [0.1, 0.15) is 37.3 Å². The third-order valence-electron chi connectivity index (χ3n) is 5.46. The van der Waals surface area contributed by atoms with E-state index in [4.69, 9.17) is 9.47 Å². The van der Waals surface area contributed by atoms with E-state index >= 15 is 0 Å². The van der Waals surface area contributed by atoms with E-state index in [0.29, 0.717) is 19.6 Å². The summed E-state index contributed by atoms with van der Waals surface area (Å²) in [6.45, 7) is 2.62. The van der Waals surface area contributed by atoms with Crippen molar-refractivity contribution in [2.45, 2.75) is 32.3 Å². The fourth-order valence-electron chi connectivity index (χ4n) is 3.94. The molecule has 3 nitrogen and oxygen atoms in total. The van der Waals surface area contributed by atoms with Gasteiger partial charge >= 0.3 is 5.97 Å². The first-order chi connectivity index (χ1) is 14.2. The SMILES string of the molecule is CCOC(=O)C1CC2=C(/C=C(/c3ccccc3)CC/C(c3ccccc3)=C\2)CO1. The molecule has 0 spiro atoms. The van der Waals surface area contributed by atoms with Crippen molar-refractivity contribution in [1.29, 1.82) is 0 Å². The zero-order chi connectivity index (χ0) is 20.1. The van der Waals surface area contributed by atoms with Crippen LogP contribution >= 0.6 is 0 Å². The Morgan fingerprint density at radius 3 is 2.00 bits per heavy atom. The van der Waals surface area contributed by atoms with Gasteiger partial charge in [0.05, 0.1) is 13.2 Å². The molecule has 4 rings (SSSR count). The topological polar surface area (TPSA) is 35.5 Å². The summed E-state index contributed by atoms with van der Waals surface area (Å²) in [7, 11) is 0. The third kappa shape index (κ3) is 4.57. The van der Waals surface area contributed by atoms with Crippen molar-refractivity contribution >= 4 is 17.1 Å². The summed E-state index contributed by atoms with van der Waals surface area (Å²) >= 11 is 0. The van der Waals surface area contributed by atoms with Crippen LogP contribution in [-0.4, -0.2) is 25.3 Å². The molecule has 1 atom stereocenters. The first-order valence-electron chi connectivity index (χ1n) is 10.3. The van der Waals surface area contributed by atoms with E-state index in [1.165, 1.54) is 27.8 Å². The number of esters is 1. The molecule has 2 aliphatic rings. The van der Waals surface area contributed by atoms with Gasteiger partial charge in [0, 0.05) is 6.42 Å². The third-order valence-corrected chi connectivity index (χ3v) is 5.46. The number of benzene rings is 2. The van der Waals surface area contributed by atoms with Crippen LogP contribution in [-0.2, 0) is 14.3 Å². The molecule has 148 valence electrons. The normalized spacial score (nSPS) is 23.0. The highest BCUT2D eigenvalue weighted by atomic mass is 16.6. The monoisotopic (exact) mass is 386 g/mol. The van der Waals surface area contributed by atoms with E-state index in [9.17, 15) is 4.79 Å². The maximum absolute atomic E-state index is 12.3. The Labute approximate surface area is 172 Å². The van der Waals surface area contributed by atoms with Gasteiger partial charge in [-0.3, -0.25) is 0 Å². The number of hydrogen-bond donors (Lipinski definition) is 0. The standard InChI is InChI=1S/C26H26O3/c1-2-28-26(27)25-17-23-15-21(19-9-5-3-6-10-19)13-14-22(16-24(23)18-29-25)20-11-7-4-8-12-20/h3-12,15-16,25H,2,13-14,17-18H2,1H3/b21-15+,22-16+. The van der Waals surface area contributed by atoms with E-state index in [0.717, 1.165) is 18.4 Å². The van der Waals surface area contributed by atoms with Crippen molar-refractivity contribution in [2.24, 2.45) is 0 Å². The summed E-state index contributed by atoms with van der Waals surface area (Å²) in [4.78, 5) is 12.3. The van der Waals surface area contributed by atoms with Gasteiger partial charge in [0.2, 0.25) is 0 Å². The van der Waals surface area contributed by atoms with Crippen LogP contribution in [0.4, 0.5) is 0 Å². The van der Waals surface area contributed by atoms with Crippen molar-refractivity contribution in [3.8, 4) is 0 Å². The van der Waals surface area contributed by atoms with Gasteiger partial charge in [-0.15, -0.1) is 0 Å². The second-order valence-corrected chi connectivity index (χ2v) is 7.38. The minimum absolute atomic E-state index is 0.275. The van der Waals surface area contributed by atoms with Gasteiger partial charge in [0.25, 0.3) is 0 Å². The fraction of sp³-hybridized carbons (Fsp3) is 0.269. The molecule has 1 aliphatic heterocycles. The molecule has 0 saturated heterocycles. The number of carbonyl (C=O) groups is 1. The summed E-state index contributed by atoms with van der Waals surface area (Å²) < 4.78 is 11.1. The molecule has 1 unspecified atom stereocenters. The molecule has 1 aliphatic carbocycles. The maximum Gasteiger partial charge on any atom is 0.335 e. The second kappa shape index (κ2) is 9.06. The minimum Gasteiger partial charge on any atom is -0.464 e. The first-order valence-corrected chi connectivity index (χ1v) is 10.3. The van der Waals surface area contributed by atoms with E-state index in [1.807, 2.05) is 19.1 Å². The highest BCUT2D eigenvalue weighted by Crippen LogP contribution is 2.35. The second-order valence-electron chi connectivity index (χ2n) is 7.38. The molecular weight excluding hydrogens is 360 g/mol. The lowest BCUT2D eigenvalue weighted by molar-refractivity contribution is -0.156. The zero-order valence-corrected chi connectivity index (χ0v) is 16.8. The highest BCUT2D eigenvalue weighted by Gasteiger charge is 2.28. The van der Waals surface area contributed by atoms with Crippen molar-refractivity contribution < 1.29 is 14.3 Å². The Hall–Kier alpha value is -2.91. The van der Waals surface area contributed by atoms with Gasteiger partial charge in [0.1, 0.15) is 0 Å². The van der Waals surface area contributed by atoms with Crippen LogP contribution in [0.2, 0.25) is 0 Å². The van der Waals surface area contributed by atoms with Crippen LogP contribution < -0.4 is 0 Å². The van der Waals surface area contributed by atoms with Gasteiger partial charge < -0.3 is 9.47 Å². The highest BCUT2D eigenvalue weighted by molar-refractivity contribution is 5.79. The van der Waals surface area contributed by atoms with Gasteiger partial charge in [-0.2, -0.15) is 0 Å². The number of ether oxygens (including phenoxy) is 2. The maximum atomic E-state index is 12.3. The van der Waals surface area contributed by atoms with Gasteiger partial charge in [-0.25, -0.2) is 4.79 Å². The van der Waals surface area contributed by atoms with Crippen molar-refractivity contribution in [3.63, 3.8) is 0 Å². The van der Waals surface area contributed by atoms with Crippen LogP contribution in [0, 0.1) is 0 Å². The lowest BCUT2D eigenvalue weighted by Crippen LogP contribution is -2.31. The Morgan fingerprint density at radius 1 is 0.897 bits per heavy atom. The molecule has 2 aromatic rings. The molecule has 0 fully saturated rings. The zero-order valence-electron chi connectivity index (χ0n) is 16.8. The molecule has 0 saturated carbocycles. The molecule has 0 amide bonds. The van der Waals surface area contributed by atoms with Crippen LogP contribution in [0.5, 0.6) is 0 Å². The van der Waals surface area contributed by atoms with Crippen LogP contribution in [0.25, 0.3) is 11.1 Å². The number of allylic oxidation sites excluding steroid dienone is 3. The Morgan fingerprint density at radius 2 is 1.45 bits per heavy atom. The average molecular weight is 386 g/mol. The van der Waals surface area contributed by atoms with Gasteiger partial charge in [-0.05, 0) is 53.2 Å². The van der Waals surface area contributed by atoms with Gasteiger partial charge in [-0.1, -0.05) is 72.8 Å². The van der Waals surface area contributed by atoms with Crippen LogP contribution in [0.15, 0.2) is 84.0 Å². The van der Waals surface area contributed by atoms with E-state index in [1.54, 1.807) is 0 Å². The molecule has 0 aromatic heterocycles. The first kappa shape index (κ1) is 19.4. The predicted octanol–water partition coefficient (Wildman–Crippen LogP) is 5.60. The number of rotatable bonds is 4. The summed E-state index contributed by atoms with van der Waals surface area (Å²) in [5.41, 5.74) is 7.38. The fourth-order valence-corrected chi connectivity index (χ4v) is 3.94. The summed E-state index contributed by atoms with van der Waals surface area (Å²) in [5, 5.41) is 0. The van der Waals surface area contributed by atoms with Gasteiger partial charge in [0.15, 0.2) is 6.10 Å². The summed E-state index contributed by atoms with van der Waals surface area (Å²) in [6, 6.07) is 21.0. The van der Waals surface area contributed by atoms with Crippen molar-refractivity contribution in [2.75, 3.05) is 13.2 Å². The Kier molecular flexibility index (Phi) is 6.06. The number of carbonyl (C=O) groups excluding carboxylic acids is 1. The summed E-state index contributed by atoms with van der Waals surface area (Å²) in [5.74, 6) is -0.275. The van der Waals surface area contributed by atoms with E-state index in [-0.39, 0.29) is 5.97 Å². The molecule has 2 aromatic carbocycles. The van der Waals surface area contributed by atoms with E-state index < -0.39 is 6.10 Å². The lowest BCUT2D eigenvalue weighted by Gasteiger charge is -2.27. The molecular formula is C26H26O3. The molecule has 29 heavy (non-hydrogen) atoms. The molecule has 0 N–H and O–H groups in total. The lowest BCUT2D eigenvalue weighted by atomic mass is 9.86. The minimum atomic E-state index is -0.532. The largest absolute Gasteiger partial charge is 0.464 e. The Balaban J connectivity index is 1.74. The smallest absolute Gasteiger partial charge is 0.335 e. The molecule has 0 radical (unpaired) electrons.